The predicted molar refractivity (Wildman–Crippen MR) is 142 cm³/mol. The zero-order valence-electron chi connectivity index (χ0n) is 21.7. The number of pyridine rings is 1. The first-order chi connectivity index (χ1) is 17.6. The highest BCUT2D eigenvalue weighted by molar-refractivity contribution is 5.70. The molecule has 2 aromatic heterocycles. The molecule has 0 unspecified atom stereocenters. The lowest BCUT2D eigenvalue weighted by atomic mass is 9.92. The molecule has 0 aliphatic carbocycles. The average Bonchev–Trinajstić information content (AvgIpc) is 2.90. The van der Waals surface area contributed by atoms with Gasteiger partial charge < -0.3 is 14.8 Å². The topological polar surface area (TPSA) is 86.2 Å². The molecule has 0 saturated carbocycles. The summed E-state index contributed by atoms with van der Waals surface area (Å²) in [6.45, 7) is 4.83. The van der Waals surface area contributed by atoms with E-state index in [2.05, 4.69) is 39.6 Å². The fourth-order valence-electron chi connectivity index (χ4n) is 4.12. The van der Waals surface area contributed by atoms with Gasteiger partial charge in [0.2, 0.25) is 0 Å². The third-order valence-electron chi connectivity index (χ3n) is 6.17. The minimum atomic E-state index is -0.158. The second-order valence-electron chi connectivity index (χ2n) is 8.94. The highest BCUT2D eigenvalue weighted by Crippen LogP contribution is 2.26. The van der Waals surface area contributed by atoms with E-state index in [-0.39, 0.29) is 11.9 Å². The Morgan fingerprint density at radius 2 is 1.75 bits per heavy atom. The van der Waals surface area contributed by atoms with Crippen molar-refractivity contribution in [2.75, 3.05) is 19.0 Å². The molecular weight excluding hydrogens is 452 g/mol. The Labute approximate surface area is 214 Å². The summed E-state index contributed by atoms with van der Waals surface area (Å²) in [5.74, 6) is 2.43. The van der Waals surface area contributed by atoms with Crippen LogP contribution in [-0.4, -0.2) is 34.6 Å². The van der Waals surface area contributed by atoms with Crippen molar-refractivity contribution in [2.45, 2.75) is 71.3 Å². The Morgan fingerprint density at radius 3 is 2.47 bits per heavy atom. The SMILES string of the molecule is CCOC(=O)C[C@H](CCCCCCc1cccc(NCc2ccc(OC)cc2)n1)c1cnc(C)nc1. The smallest absolute Gasteiger partial charge is 0.306 e. The molecule has 0 amide bonds. The van der Waals surface area contributed by atoms with Crippen LogP contribution in [0.3, 0.4) is 0 Å². The summed E-state index contributed by atoms with van der Waals surface area (Å²) in [6.07, 6.45) is 10.3. The number of hydrogen-bond donors (Lipinski definition) is 1. The number of anilines is 1. The van der Waals surface area contributed by atoms with Crippen LogP contribution < -0.4 is 10.1 Å². The summed E-state index contributed by atoms with van der Waals surface area (Å²) >= 11 is 0. The van der Waals surface area contributed by atoms with Gasteiger partial charge in [-0.1, -0.05) is 37.5 Å². The van der Waals surface area contributed by atoms with Gasteiger partial charge in [-0.15, -0.1) is 0 Å². The van der Waals surface area contributed by atoms with Gasteiger partial charge >= 0.3 is 5.97 Å². The quantitative estimate of drug-likeness (QED) is 0.206. The summed E-state index contributed by atoms with van der Waals surface area (Å²) in [7, 11) is 1.67. The van der Waals surface area contributed by atoms with Crippen LogP contribution in [0, 0.1) is 6.92 Å². The van der Waals surface area contributed by atoms with Gasteiger partial charge in [0.1, 0.15) is 17.4 Å². The lowest BCUT2D eigenvalue weighted by molar-refractivity contribution is -0.143. The van der Waals surface area contributed by atoms with Crippen LogP contribution in [0.25, 0.3) is 0 Å². The minimum absolute atomic E-state index is 0.0970. The van der Waals surface area contributed by atoms with Gasteiger partial charge in [-0.05, 0) is 74.4 Å². The fraction of sp³-hybridized carbons (Fsp3) is 0.448. The summed E-state index contributed by atoms with van der Waals surface area (Å²) in [6, 6.07) is 14.2. The molecule has 2 heterocycles. The second kappa shape index (κ2) is 14.8. The number of nitrogens with one attached hydrogen (secondary N) is 1. The van der Waals surface area contributed by atoms with Crippen LogP contribution in [0.4, 0.5) is 5.82 Å². The number of carbonyl (C=O) groups excluding carboxylic acids is 1. The number of rotatable bonds is 15. The summed E-state index contributed by atoms with van der Waals surface area (Å²) < 4.78 is 10.4. The van der Waals surface area contributed by atoms with Gasteiger partial charge in [0.15, 0.2) is 0 Å². The van der Waals surface area contributed by atoms with Crippen molar-refractivity contribution in [2.24, 2.45) is 0 Å². The summed E-state index contributed by atoms with van der Waals surface area (Å²) in [4.78, 5) is 25.5. The molecule has 0 aliphatic heterocycles. The third-order valence-corrected chi connectivity index (χ3v) is 6.17. The Hall–Kier alpha value is -3.48. The molecular formula is C29H38N4O3. The van der Waals surface area contributed by atoms with Crippen molar-refractivity contribution in [3.05, 3.63) is 77.5 Å². The van der Waals surface area contributed by atoms with Crippen molar-refractivity contribution in [3.63, 3.8) is 0 Å². The lowest BCUT2D eigenvalue weighted by Crippen LogP contribution is -2.11. The minimum Gasteiger partial charge on any atom is -0.497 e. The highest BCUT2D eigenvalue weighted by atomic mass is 16.5. The molecule has 3 rings (SSSR count). The number of aryl methyl sites for hydroxylation is 2. The Morgan fingerprint density at radius 1 is 1.00 bits per heavy atom. The van der Waals surface area contributed by atoms with E-state index in [1.165, 1.54) is 5.56 Å². The molecule has 7 heteroatoms. The number of ether oxygens (including phenoxy) is 2. The van der Waals surface area contributed by atoms with E-state index in [1.807, 2.05) is 44.4 Å². The Balaban J connectivity index is 1.40. The summed E-state index contributed by atoms with van der Waals surface area (Å²) in [5, 5.41) is 3.41. The van der Waals surface area contributed by atoms with Gasteiger partial charge in [0.25, 0.3) is 0 Å². The van der Waals surface area contributed by atoms with E-state index in [9.17, 15) is 4.79 Å². The number of unbranched alkanes of at least 4 members (excludes halogenated alkanes) is 3. The number of hydrogen-bond acceptors (Lipinski definition) is 7. The molecule has 0 spiro atoms. The molecule has 0 radical (unpaired) electrons. The van der Waals surface area contributed by atoms with Crippen molar-refractivity contribution < 1.29 is 14.3 Å². The van der Waals surface area contributed by atoms with E-state index < -0.39 is 0 Å². The van der Waals surface area contributed by atoms with Gasteiger partial charge in [0, 0.05) is 24.6 Å². The van der Waals surface area contributed by atoms with Crippen molar-refractivity contribution in [1.82, 2.24) is 15.0 Å². The largest absolute Gasteiger partial charge is 0.497 e. The monoisotopic (exact) mass is 490 g/mol. The van der Waals surface area contributed by atoms with Crippen molar-refractivity contribution >= 4 is 11.8 Å². The zero-order valence-corrected chi connectivity index (χ0v) is 21.7. The Bertz CT molecular complexity index is 1050. The van der Waals surface area contributed by atoms with Crippen LogP contribution >= 0.6 is 0 Å². The third kappa shape index (κ3) is 9.29. The number of esters is 1. The van der Waals surface area contributed by atoms with Gasteiger partial charge in [-0.3, -0.25) is 4.79 Å². The van der Waals surface area contributed by atoms with Crippen LogP contribution in [-0.2, 0) is 22.5 Å². The fourth-order valence-corrected chi connectivity index (χ4v) is 4.12. The van der Waals surface area contributed by atoms with Crippen LogP contribution in [0.2, 0.25) is 0 Å². The molecule has 1 aromatic carbocycles. The van der Waals surface area contributed by atoms with Gasteiger partial charge in [-0.25, -0.2) is 15.0 Å². The molecule has 0 aliphatic rings. The van der Waals surface area contributed by atoms with E-state index in [0.717, 1.165) is 73.7 Å². The molecule has 192 valence electrons. The van der Waals surface area contributed by atoms with Crippen LogP contribution in [0.1, 0.15) is 74.0 Å². The van der Waals surface area contributed by atoms with Gasteiger partial charge in [0.05, 0.1) is 20.1 Å². The molecule has 3 aromatic rings. The molecule has 1 atom stereocenters. The second-order valence-corrected chi connectivity index (χ2v) is 8.94. The molecule has 0 fully saturated rings. The van der Waals surface area contributed by atoms with E-state index in [0.29, 0.717) is 13.0 Å². The summed E-state index contributed by atoms with van der Waals surface area (Å²) in [5.41, 5.74) is 3.30. The predicted octanol–water partition coefficient (Wildman–Crippen LogP) is 6.03. The maximum absolute atomic E-state index is 12.1. The molecule has 36 heavy (non-hydrogen) atoms. The highest BCUT2D eigenvalue weighted by Gasteiger charge is 2.17. The standard InChI is InChI=1S/C29H38N4O3/c1-4-36-29(34)18-24(25-20-30-22(2)31-21-25)10-7-5-6-8-11-26-12-9-13-28(33-26)32-19-23-14-16-27(35-3)17-15-23/h9,12-17,20-21,24H,4-8,10-11,18-19H2,1-3H3,(H,32,33)/t24-/m0/s1. The lowest BCUT2D eigenvalue weighted by Gasteiger charge is -2.16. The van der Waals surface area contributed by atoms with Crippen LogP contribution in [0.5, 0.6) is 5.75 Å². The van der Waals surface area contributed by atoms with Crippen LogP contribution in [0.15, 0.2) is 54.9 Å². The zero-order chi connectivity index (χ0) is 25.6. The first-order valence-electron chi connectivity index (χ1n) is 12.8. The van der Waals surface area contributed by atoms with Gasteiger partial charge in [-0.2, -0.15) is 0 Å². The van der Waals surface area contributed by atoms with E-state index in [4.69, 9.17) is 14.5 Å². The number of aromatic nitrogens is 3. The molecule has 0 saturated heterocycles. The van der Waals surface area contributed by atoms with E-state index >= 15 is 0 Å². The maximum atomic E-state index is 12.1. The molecule has 0 bridgehead atoms. The normalized spacial score (nSPS) is 11.6. The van der Waals surface area contributed by atoms with Crippen molar-refractivity contribution in [3.8, 4) is 5.75 Å². The molecule has 1 N–H and O–H groups in total. The number of methoxy groups -OCH3 is 1. The first kappa shape index (κ1) is 27.1. The average molecular weight is 491 g/mol. The number of nitrogens with zero attached hydrogens (tertiary/aromatic N) is 3. The Kier molecular flexibility index (Phi) is 11.2. The van der Waals surface area contributed by atoms with Crippen molar-refractivity contribution in [1.29, 1.82) is 0 Å². The first-order valence-corrected chi connectivity index (χ1v) is 12.8. The number of benzene rings is 1. The maximum Gasteiger partial charge on any atom is 0.306 e. The number of carbonyl (C=O) groups is 1. The molecule has 7 nitrogen and oxygen atoms in total. The van der Waals surface area contributed by atoms with E-state index in [1.54, 1.807) is 7.11 Å².